The van der Waals surface area contributed by atoms with Crippen LogP contribution >= 0.6 is 0 Å². The average Bonchev–Trinajstić information content (AvgIpc) is 3.15. The van der Waals surface area contributed by atoms with Gasteiger partial charge in [0, 0.05) is 19.3 Å². The standard InChI is InChI=1S/C19H19F3N6O3/c20-19(21,22)14(29)9-24-17(30)12-4-5-13-16(25-12)28(11-6-8-27(13)10-11)18(31)26-15-3-1-2-7-23-15/h1-5,7,11,14,29H,6,8-10H2,(H,24,30)(H,23,26,31)/t11?,14-/m1/s1. The lowest BCUT2D eigenvalue weighted by molar-refractivity contribution is -0.201. The van der Waals surface area contributed by atoms with E-state index >= 15 is 0 Å². The van der Waals surface area contributed by atoms with Crippen molar-refractivity contribution < 1.29 is 27.9 Å². The number of nitrogens with zero attached hydrogens (tertiary/aromatic N) is 4. The Bertz CT molecular complexity index is 988. The molecule has 0 aliphatic carbocycles. The summed E-state index contributed by atoms with van der Waals surface area (Å²) in [5.41, 5.74) is 0.489. The highest BCUT2D eigenvalue weighted by Crippen LogP contribution is 2.39. The van der Waals surface area contributed by atoms with Crippen LogP contribution in [0.2, 0.25) is 0 Å². The van der Waals surface area contributed by atoms with E-state index in [9.17, 15) is 22.8 Å². The van der Waals surface area contributed by atoms with Crippen molar-refractivity contribution in [3.63, 3.8) is 0 Å². The first kappa shape index (κ1) is 20.8. The quantitative estimate of drug-likeness (QED) is 0.674. The summed E-state index contributed by atoms with van der Waals surface area (Å²) in [5.74, 6) is -0.292. The molecule has 3 amide bonds. The van der Waals surface area contributed by atoms with E-state index < -0.39 is 30.8 Å². The fourth-order valence-electron chi connectivity index (χ4n) is 3.60. The van der Waals surface area contributed by atoms with Crippen LogP contribution in [0.5, 0.6) is 0 Å². The summed E-state index contributed by atoms with van der Waals surface area (Å²) in [6.07, 6.45) is -5.29. The number of aliphatic hydroxyl groups excluding tert-OH is 1. The van der Waals surface area contributed by atoms with Crippen molar-refractivity contribution in [2.45, 2.75) is 24.7 Å². The maximum Gasteiger partial charge on any atom is 0.416 e. The maximum atomic E-state index is 13.0. The zero-order valence-corrected chi connectivity index (χ0v) is 16.1. The summed E-state index contributed by atoms with van der Waals surface area (Å²) in [5, 5.41) is 13.8. The molecule has 2 bridgehead atoms. The molecule has 2 atom stereocenters. The third-order valence-electron chi connectivity index (χ3n) is 5.14. The van der Waals surface area contributed by atoms with E-state index in [4.69, 9.17) is 5.11 Å². The van der Waals surface area contributed by atoms with E-state index in [1.54, 1.807) is 24.3 Å². The molecular formula is C19H19F3N6O3. The second kappa shape index (κ2) is 8.02. The van der Waals surface area contributed by atoms with Crippen molar-refractivity contribution in [3.05, 3.63) is 42.2 Å². The van der Waals surface area contributed by atoms with Crippen LogP contribution in [0.25, 0.3) is 0 Å². The second-order valence-electron chi connectivity index (χ2n) is 7.21. The minimum Gasteiger partial charge on any atom is -0.382 e. The van der Waals surface area contributed by atoms with Crippen LogP contribution in [-0.4, -0.2) is 65.0 Å². The zero-order chi connectivity index (χ0) is 22.2. The van der Waals surface area contributed by atoms with Gasteiger partial charge in [0.1, 0.15) is 11.5 Å². The molecule has 2 aliphatic heterocycles. The van der Waals surface area contributed by atoms with Gasteiger partial charge in [-0.3, -0.25) is 15.0 Å². The molecular weight excluding hydrogens is 417 g/mol. The van der Waals surface area contributed by atoms with E-state index in [0.29, 0.717) is 31.0 Å². The number of nitrogens with one attached hydrogen (secondary N) is 2. The summed E-state index contributed by atoms with van der Waals surface area (Å²) >= 11 is 0. The Morgan fingerprint density at radius 3 is 2.77 bits per heavy atom. The normalized spacial score (nSPS) is 18.4. The van der Waals surface area contributed by atoms with Gasteiger partial charge in [0.2, 0.25) is 0 Å². The van der Waals surface area contributed by atoms with Gasteiger partial charge in [0.15, 0.2) is 11.9 Å². The third kappa shape index (κ3) is 4.24. The lowest BCUT2D eigenvalue weighted by Crippen LogP contribution is -2.48. The van der Waals surface area contributed by atoms with Crippen molar-refractivity contribution in [2.24, 2.45) is 0 Å². The van der Waals surface area contributed by atoms with Crippen LogP contribution in [0.3, 0.4) is 0 Å². The second-order valence-corrected chi connectivity index (χ2v) is 7.21. The lowest BCUT2D eigenvalue weighted by Gasteiger charge is -2.35. The number of alkyl halides is 3. The van der Waals surface area contributed by atoms with Crippen LogP contribution in [0.1, 0.15) is 16.9 Å². The molecule has 1 fully saturated rings. The molecule has 4 heterocycles. The number of urea groups is 1. The molecule has 3 N–H and O–H groups in total. The minimum absolute atomic E-state index is 0.161. The summed E-state index contributed by atoms with van der Waals surface area (Å²) in [7, 11) is 0. The number of rotatable bonds is 4. The van der Waals surface area contributed by atoms with Crippen molar-refractivity contribution >= 4 is 29.3 Å². The predicted octanol–water partition coefficient (Wildman–Crippen LogP) is 1.76. The van der Waals surface area contributed by atoms with Gasteiger partial charge in [-0.05, 0) is 30.7 Å². The van der Waals surface area contributed by atoms with Gasteiger partial charge in [-0.25, -0.2) is 14.8 Å². The van der Waals surface area contributed by atoms with Gasteiger partial charge in [0.25, 0.3) is 5.91 Å². The largest absolute Gasteiger partial charge is 0.416 e. The maximum absolute atomic E-state index is 13.0. The molecule has 1 saturated heterocycles. The van der Waals surface area contributed by atoms with E-state index in [0.717, 1.165) is 0 Å². The Morgan fingerprint density at radius 2 is 2.06 bits per heavy atom. The number of amides is 3. The smallest absolute Gasteiger partial charge is 0.382 e. The Kier molecular flexibility index (Phi) is 5.39. The van der Waals surface area contributed by atoms with E-state index in [2.05, 4.69) is 15.3 Å². The van der Waals surface area contributed by atoms with Crippen molar-refractivity contribution in [1.29, 1.82) is 0 Å². The van der Waals surface area contributed by atoms with Gasteiger partial charge < -0.3 is 15.3 Å². The third-order valence-corrected chi connectivity index (χ3v) is 5.14. The number of aromatic nitrogens is 2. The monoisotopic (exact) mass is 436 g/mol. The number of carbonyl (C=O) groups excluding carboxylic acids is 2. The summed E-state index contributed by atoms with van der Waals surface area (Å²) in [6.45, 7) is 0.309. The molecule has 12 heteroatoms. The van der Waals surface area contributed by atoms with E-state index in [1.807, 2.05) is 10.2 Å². The van der Waals surface area contributed by atoms with Crippen LogP contribution in [-0.2, 0) is 0 Å². The summed E-state index contributed by atoms with van der Waals surface area (Å²) in [6, 6.07) is 7.41. The Hall–Kier alpha value is -3.41. The number of halogens is 3. The van der Waals surface area contributed by atoms with Gasteiger partial charge in [-0.2, -0.15) is 13.2 Å². The average molecular weight is 436 g/mol. The lowest BCUT2D eigenvalue weighted by atomic mass is 10.1. The molecule has 0 saturated carbocycles. The highest BCUT2D eigenvalue weighted by atomic mass is 19.4. The molecule has 31 heavy (non-hydrogen) atoms. The number of anilines is 3. The van der Waals surface area contributed by atoms with E-state index in [1.165, 1.54) is 17.2 Å². The molecule has 2 aliphatic rings. The number of pyridine rings is 2. The Morgan fingerprint density at radius 1 is 1.26 bits per heavy atom. The molecule has 4 rings (SSSR count). The molecule has 0 radical (unpaired) electrons. The Balaban J connectivity index is 1.57. The van der Waals surface area contributed by atoms with Gasteiger partial charge >= 0.3 is 12.2 Å². The fraction of sp³-hybridized carbons (Fsp3) is 0.368. The number of fused-ring (bicyclic) bond motifs is 4. The zero-order valence-electron chi connectivity index (χ0n) is 16.1. The van der Waals surface area contributed by atoms with Crippen LogP contribution in [0.15, 0.2) is 36.5 Å². The van der Waals surface area contributed by atoms with Crippen LogP contribution in [0, 0.1) is 0 Å². The van der Waals surface area contributed by atoms with Gasteiger partial charge in [-0.1, -0.05) is 6.07 Å². The molecule has 0 aromatic carbocycles. The Labute approximate surface area is 174 Å². The molecule has 164 valence electrons. The minimum atomic E-state index is -4.84. The van der Waals surface area contributed by atoms with Gasteiger partial charge in [-0.15, -0.1) is 0 Å². The van der Waals surface area contributed by atoms with Crippen molar-refractivity contribution in [2.75, 3.05) is 34.8 Å². The number of carbonyl (C=O) groups is 2. The summed E-state index contributed by atoms with van der Waals surface area (Å²) in [4.78, 5) is 37.1. The van der Waals surface area contributed by atoms with Crippen molar-refractivity contribution in [1.82, 2.24) is 15.3 Å². The summed E-state index contributed by atoms with van der Waals surface area (Å²) < 4.78 is 37.4. The number of aliphatic hydroxyl groups is 1. The number of hydrogen-bond donors (Lipinski definition) is 3. The van der Waals surface area contributed by atoms with E-state index in [-0.39, 0.29) is 17.6 Å². The first-order valence-electron chi connectivity index (χ1n) is 9.54. The predicted molar refractivity (Wildman–Crippen MR) is 105 cm³/mol. The first-order chi connectivity index (χ1) is 14.7. The SMILES string of the molecule is O=C(NC[C@@H](O)C(F)(F)F)c1ccc2c(n1)N(C(=O)Nc1ccccn1)C1CCN2C1. The molecule has 9 nitrogen and oxygen atoms in total. The molecule has 2 aromatic rings. The van der Waals surface area contributed by atoms with Gasteiger partial charge in [0.05, 0.1) is 18.3 Å². The molecule has 1 unspecified atom stereocenters. The molecule has 2 aromatic heterocycles. The highest BCUT2D eigenvalue weighted by molar-refractivity contribution is 6.05. The van der Waals surface area contributed by atoms with Crippen LogP contribution in [0.4, 0.5) is 35.3 Å². The number of hydrogen-bond acceptors (Lipinski definition) is 6. The van der Waals surface area contributed by atoms with Crippen LogP contribution < -0.4 is 20.4 Å². The van der Waals surface area contributed by atoms with Crippen molar-refractivity contribution in [3.8, 4) is 0 Å². The topological polar surface area (TPSA) is 111 Å². The first-order valence-corrected chi connectivity index (χ1v) is 9.54. The molecule has 0 spiro atoms. The highest BCUT2D eigenvalue weighted by Gasteiger charge is 2.41. The fourth-order valence-corrected chi connectivity index (χ4v) is 3.60.